The van der Waals surface area contributed by atoms with E-state index in [0.717, 1.165) is 27.5 Å². The fourth-order valence-electron chi connectivity index (χ4n) is 2.03. The summed E-state index contributed by atoms with van der Waals surface area (Å²) < 4.78 is 3.07. The second-order valence-electron chi connectivity index (χ2n) is 3.63. The second-order valence-corrected chi connectivity index (χ2v) is 4.43. The molecule has 2 nitrogen and oxygen atoms in total. The standard InChI is InChI=1S/C11H13BBrNO/c1-3-9-11(13)8-6-4-5-7-10(8)14(9)12(2)15/h4-7,15H,3H2,1-2H3. The molecule has 15 heavy (non-hydrogen) atoms. The lowest BCUT2D eigenvalue weighted by Gasteiger charge is -2.09. The largest absolute Gasteiger partial charge is 0.432 e. The lowest BCUT2D eigenvalue weighted by atomic mass is 9.87. The van der Waals surface area contributed by atoms with Crippen molar-refractivity contribution in [2.75, 3.05) is 0 Å². The van der Waals surface area contributed by atoms with Gasteiger partial charge in [0.15, 0.2) is 0 Å². The molecule has 1 aromatic heterocycles. The topological polar surface area (TPSA) is 25.2 Å². The fraction of sp³-hybridized carbons (Fsp3) is 0.273. The average Bonchev–Trinajstić information content (AvgIpc) is 2.52. The minimum Gasteiger partial charge on any atom is -0.432 e. The Bertz CT molecular complexity index is 493. The number of hydrogen-bond acceptors (Lipinski definition) is 1. The first-order valence-electron chi connectivity index (χ1n) is 5.12. The zero-order valence-corrected chi connectivity index (χ0v) is 10.5. The Hall–Kier alpha value is -0.735. The highest BCUT2D eigenvalue weighted by Crippen LogP contribution is 2.31. The molecule has 0 saturated heterocycles. The molecule has 1 heterocycles. The van der Waals surface area contributed by atoms with Gasteiger partial charge in [-0.2, -0.15) is 0 Å². The van der Waals surface area contributed by atoms with Crippen LogP contribution >= 0.6 is 15.9 Å². The number of halogens is 1. The molecular formula is C11H13BBrNO. The summed E-state index contributed by atoms with van der Waals surface area (Å²) in [6.45, 7) is 3.88. The van der Waals surface area contributed by atoms with Crippen LogP contribution in [0.25, 0.3) is 10.9 Å². The number of para-hydroxylation sites is 1. The van der Waals surface area contributed by atoms with Gasteiger partial charge in [0.25, 0.3) is 0 Å². The maximum absolute atomic E-state index is 9.79. The predicted molar refractivity (Wildman–Crippen MR) is 68.3 cm³/mol. The summed E-state index contributed by atoms with van der Waals surface area (Å²) in [4.78, 5) is 0. The minimum absolute atomic E-state index is 0.490. The highest BCUT2D eigenvalue weighted by atomic mass is 79.9. The van der Waals surface area contributed by atoms with Crippen molar-refractivity contribution in [3.63, 3.8) is 0 Å². The molecule has 0 bridgehead atoms. The third-order valence-corrected chi connectivity index (χ3v) is 3.54. The number of hydrogen-bond donors (Lipinski definition) is 1. The van der Waals surface area contributed by atoms with E-state index >= 15 is 0 Å². The molecule has 2 rings (SSSR count). The average molecular weight is 266 g/mol. The summed E-state index contributed by atoms with van der Waals surface area (Å²) in [7, 11) is -0.490. The van der Waals surface area contributed by atoms with Gasteiger partial charge in [-0.1, -0.05) is 25.1 Å². The lowest BCUT2D eigenvalue weighted by molar-refractivity contribution is 0.563. The van der Waals surface area contributed by atoms with Crippen molar-refractivity contribution in [2.45, 2.75) is 20.2 Å². The maximum atomic E-state index is 9.79. The van der Waals surface area contributed by atoms with Gasteiger partial charge in [0.2, 0.25) is 0 Å². The van der Waals surface area contributed by atoms with E-state index in [1.807, 2.05) is 22.7 Å². The molecule has 0 unspecified atom stereocenters. The monoisotopic (exact) mass is 265 g/mol. The van der Waals surface area contributed by atoms with Crippen LogP contribution in [0.1, 0.15) is 12.6 Å². The maximum Gasteiger partial charge on any atom is 0.414 e. The van der Waals surface area contributed by atoms with E-state index in [1.54, 1.807) is 6.82 Å². The molecule has 0 aliphatic heterocycles. The van der Waals surface area contributed by atoms with Crippen molar-refractivity contribution >= 4 is 33.9 Å². The lowest BCUT2D eigenvalue weighted by Crippen LogP contribution is -2.21. The molecule has 0 saturated carbocycles. The van der Waals surface area contributed by atoms with Gasteiger partial charge in [-0.05, 0) is 35.2 Å². The Labute approximate surface area is 98.2 Å². The normalized spacial score (nSPS) is 10.9. The number of nitrogens with zero attached hydrogens (tertiary/aromatic N) is 1. The van der Waals surface area contributed by atoms with E-state index < -0.39 is 7.05 Å². The summed E-state index contributed by atoms with van der Waals surface area (Å²) in [6.07, 6.45) is 0.903. The Balaban J connectivity index is 2.85. The summed E-state index contributed by atoms with van der Waals surface area (Å²) in [6, 6.07) is 8.11. The van der Waals surface area contributed by atoms with Crippen molar-refractivity contribution in [3.8, 4) is 0 Å². The van der Waals surface area contributed by atoms with Crippen LogP contribution in [0, 0.1) is 0 Å². The molecule has 0 aliphatic carbocycles. The highest BCUT2D eigenvalue weighted by Gasteiger charge is 2.18. The third-order valence-electron chi connectivity index (χ3n) is 2.65. The van der Waals surface area contributed by atoms with Crippen molar-refractivity contribution in [1.82, 2.24) is 4.48 Å². The molecule has 0 amide bonds. The molecule has 0 spiro atoms. The van der Waals surface area contributed by atoms with Gasteiger partial charge in [0.05, 0.1) is 0 Å². The Morgan fingerprint density at radius 3 is 2.67 bits per heavy atom. The van der Waals surface area contributed by atoms with Gasteiger partial charge >= 0.3 is 7.05 Å². The van der Waals surface area contributed by atoms with Crippen molar-refractivity contribution in [3.05, 3.63) is 34.4 Å². The van der Waals surface area contributed by atoms with Gasteiger partial charge in [-0.25, -0.2) is 0 Å². The summed E-state index contributed by atoms with van der Waals surface area (Å²) in [5.74, 6) is 0. The van der Waals surface area contributed by atoms with Crippen LogP contribution in [0.2, 0.25) is 6.82 Å². The third kappa shape index (κ3) is 1.62. The number of benzene rings is 1. The number of fused-ring (bicyclic) bond motifs is 1. The second kappa shape index (κ2) is 4.03. The molecule has 0 fully saturated rings. The van der Waals surface area contributed by atoms with Gasteiger partial charge in [-0.3, -0.25) is 0 Å². The van der Waals surface area contributed by atoms with Gasteiger partial charge in [0, 0.05) is 21.1 Å². The molecule has 0 radical (unpaired) electrons. The van der Waals surface area contributed by atoms with E-state index in [4.69, 9.17) is 0 Å². The molecule has 0 atom stereocenters. The molecular weight excluding hydrogens is 253 g/mol. The molecule has 4 heteroatoms. The van der Waals surface area contributed by atoms with E-state index in [-0.39, 0.29) is 0 Å². The van der Waals surface area contributed by atoms with Crippen LogP contribution in [0.5, 0.6) is 0 Å². The molecule has 0 aliphatic rings. The Morgan fingerprint density at radius 2 is 2.07 bits per heavy atom. The fourth-order valence-corrected chi connectivity index (χ4v) is 2.83. The van der Waals surface area contributed by atoms with Crippen LogP contribution in [0.4, 0.5) is 0 Å². The van der Waals surface area contributed by atoms with E-state index in [0.29, 0.717) is 0 Å². The molecule has 78 valence electrons. The van der Waals surface area contributed by atoms with E-state index in [2.05, 4.69) is 28.9 Å². The summed E-state index contributed by atoms with van der Waals surface area (Å²) >= 11 is 3.60. The molecule has 1 aromatic carbocycles. The van der Waals surface area contributed by atoms with Crippen LogP contribution < -0.4 is 0 Å². The first kappa shape index (κ1) is 10.8. The van der Waals surface area contributed by atoms with Crippen molar-refractivity contribution < 1.29 is 5.02 Å². The predicted octanol–water partition coefficient (Wildman–Crippen LogP) is 2.92. The Kier molecular flexibility index (Phi) is 2.89. The van der Waals surface area contributed by atoms with Crippen LogP contribution in [0.3, 0.4) is 0 Å². The van der Waals surface area contributed by atoms with Crippen molar-refractivity contribution in [1.29, 1.82) is 0 Å². The van der Waals surface area contributed by atoms with Gasteiger partial charge < -0.3 is 9.50 Å². The van der Waals surface area contributed by atoms with Crippen LogP contribution in [-0.4, -0.2) is 16.6 Å². The first-order chi connectivity index (χ1) is 7.16. The first-order valence-corrected chi connectivity index (χ1v) is 5.91. The zero-order chi connectivity index (χ0) is 11.0. The molecule has 2 aromatic rings. The smallest absolute Gasteiger partial charge is 0.414 e. The van der Waals surface area contributed by atoms with Crippen LogP contribution in [0.15, 0.2) is 28.7 Å². The Morgan fingerprint density at radius 1 is 1.40 bits per heavy atom. The number of rotatable bonds is 2. The SMILES string of the molecule is CCc1c(Br)c2ccccc2n1B(C)O. The quantitative estimate of drug-likeness (QED) is 0.830. The zero-order valence-electron chi connectivity index (χ0n) is 8.87. The summed E-state index contributed by atoms with van der Waals surface area (Å²) in [5, 5.41) is 11.0. The highest BCUT2D eigenvalue weighted by molar-refractivity contribution is 9.10. The van der Waals surface area contributed by atoms with E-state index in [1.165, 1.54) is 0 Å². The summed E-state index contributed by atoms with van der Waals surface area (Å²) in [5.41, 5.74) is 2.22. The van der Waals surface area contributed by atoms with Gasteiger partial charge in [-0.15, -0.1) is 0 Å². The number of aromatic nitrogens is 1. The molecule has 1 N–H and O–H groups in total. The van der Waals surface area contributed by atoms with Crippen LogP contribution in [-0.2, 0) is 6.42 Å². The van der Waals surface area contributed by atoms with Gasteiger partial charge in [0.1, 0.15) is 0 Å². The minimum atomic E-state index is -0.490. The van der Waals surface area contributed by atoms with E-state index in [9.17, 15) is 5.02 Å². The van der Waals surface area contributed by atoms with Crippen molar-refractivity contribution in [2.24, 2.45) is 0 Å².